The minimum atomic E-state index is -3.70. The second-order valence-corrected chi connectivity index (χ2v) is 8.18. The number of carbonyl (C=O) groups is 1. The van der Waals surface area contributed by atoms with Gasteiger partial charge in [0, 0.05) is 6.08 Å². The molecule has 0 aliphatic rings. The molecule has 5 nitrogen and oxygen atoms in total. The first-order valence-electron chi connectivity index (χ1n) is 8.82. The third kappa shape index (κ3) is 6.05. The van der Waals surface area contributed by atoms with Crippen molar-refractivity contribution in [3.63, 3.8) is 0 Å². The molecule has 0 aromatic heterocycles. The van der Waals surface area contributed by atoms with Crippen molar-refractivity contribution < 1.29 is 23.1 Å². The highest BCUT2D eigenvalue weighted by Gasteiger charge is 2.26. The zero-order chi connectivity index (χ0) is 19.7. The van der Waals surface area contributed by atoms with Gasteiger partial charge >= 0.3 is 5.97 Å². The molecular weight excluding hydrogens is 364 g/mol. The van der Waals surface area contributed by atoms with Gasteiger partial charge in [0.15, 0.2) is 9.84 Å². The minimum absolute atomic E-state index is 0.170. The lowest BCUT2D eigenvalue weighted by Gasteiger charge is -2.17. The summed E-state index contributed by atoms with van der Waals surface area (Å²) in [5.41, 5.74) is 0.725. The van der Waals surface area contributed by atoms with Crippen LogP contribution in [-0.4, -0.2) is 31.4 Å². The highest BCUT2D eigenvalue weighted by Crippen LogP contribution is 2.25. The van der Waals surface area contributed by atoms with Crippen LogP contribution in [-0.2, 0) is 19.4 Å². The molecule has 6 heteroatoms. The monoisotopic (exact) mass is 388 g/mol. The van der Waals surface area contributed by atoms with Crippen LogP contribution in [0, 0.1) is 0 Å². The van der Waals surface area contributed by atoms with Crippen molar-refractivity contribution in [2.24, 2.45) is 0 Å². The highest BCUT2D eigenvalue weighted by atomic mass is 32.2. The van der Waals surface area contributed by atoms with E-state index in [0.29, 0.717) is 0 Å². The summed E-state index contributed by atoms with van der Waals surface area (Å²) in [6.45, 7) is 1.89. The molecule has 0 radical (unpaired) electrons. The molecule has 144 valence electrons. The molecule has 2 unspecified atom stereocenters. The van der Waals surface area contributed by atoms with Gasteiger partial charge in [-0.25, -0.2) is 13.2 Å². The molecule has 2 aromatic rings. The lowest BCUT2D eigenvalue weighted by Crippen LogP contribution is -2.21. The maximum absolute atomic E-state index is 13.0. The van der Waals surface area contributed by atoms with Gasteiger partial charge in [-0.2, -0.15) is 0 Å². The fourth-order valence-electron chi connectivity index (χ4n) is 2.68. The van der Waals surface area contributed by atoms with Crippen LogP contribution in [0.3, 0.4) is 0 Å². The van der Waals surface area contributed by atoms with Crippen LogP contribution in [0.15, 0.2) is 77.7 Å². The largest absolute Gasteiger partial charge is 0.463 e. The van der Waals surface area contributed by atoms with Crippen molar-refractivity contribution in [1.82, 2.24) is 0 Å². The average molecular weight is 388 g/mol. The van der Waals surface area contributed by atoms with E-state index in [-0.39, 0.29) is 24.3 Å². The lowest BCUT2D eigenvalue weighted by molar-refractivity contribution is -0.137. The number of aliphatic hydroxyl groups excluding tert-OH is 1. The maximum atomic E-state index is 13.0. The molecule has 27 heavy (non-hydrogen) atoms. The Hall–Kier alpha value is -2.44. The number of hydrogen-bond acceptors (Lipinski definition) is 5. The van der Waals surface area contributed by atoms with Crippen LogP contribution in [0.5, 0.6) is 0 Å². The first-order valence-corrected chi connectivity index (χ1v) is 10.4. The summed E-state index contributed by atoms with van der Waals surface area (Å²) < 4.78 is 30.8. The molecule has 0 fully saturated rings. The summed E-state index contributed by atoms with van der Waals surface area (Å²) in [5.74, 6) is -0.589. The number of carbonyl (C=O) groups excluding carboxylic acids is 1. The molecule has 0 saturated carbocycles. The topological polar surface area (TPSA) is 80.7 Å². The van der Waals surface area contributed by atoms with Gasteiger partial charge in [0.05, 0.1) is 22.9 Å². The number of esters is 1. The van der Waals surface area contributed by atoms with Crippen LogP contribution in [0.2, 0.25) is 0 Å². The Bertz CT molecular complexity index is 845. The molecular formula is C21H24O5S. The SMILES string of the molecule is CCOC(=O)/C=C/C(CCC(O)c1ccccc1)S(=O)(=O)c1ccccc1. The van der Waals surface area contributed by atoms with Crippen molar-refractivity contribution in [3.05, 3.63) is 78.4 Å². The fraction of sp³-hybridized carbons (Fsp3) is 0.286. The van der Waals surface area contributed by atoms with Crippen molar-refractivity contribution >= 4 is 15.8 Å². The van der Waals surface area contributed by atoms with Gasteiger partial charge in [-0.05, 0) is 37.5 Å². The minimum Gasteiger partial charge on any atom is -0.463 e. The van der Waals surface area contributed by atoms with Gasteiger partial charge in [0.25, 0.3) is 0 Å². The van der Waals surface area contributed by atoms with E-state index < -0.39 is 27.2 Å². The number of rotatable bonds is 9. The molecule has 0 amide bonds. The molecule has 0 bridgehead atoms. The molecule has 1 N–H and O–H groups in total. The first kappa shape index (κ1) is 20.9. The summed E-state index contributed by atoms with van der Waals surface area (Å²) in [5, 5.41) is 9.41. The van der Waals surface area contributed by atoms with Crippen molar-refractivity contribution in [1.29, 1.82) is 0 Å². The van der Waals surface area contributed by atoms with E-state index in [4.69, 9.17) is 4.74 Å². The molecule has 2 atom stereocenters. The van der Waals surface area contributed by atoms with Gasteiger partial charge in [0.1, 0.15) is 0 Å². The van der Waals surface area contributed by atoms with Crippen molar-refractivity contribution in [2.75, 3.05) is 6.61 Å². The molecule has 0 saturated heterocycles. The molecule has 2 aromatic carbocycles. The quantitative estimate of drug-likeness (QED) is 0.526. The van der Waals surface area contributed by atoms with Gasteiger partial charge in [-0.3, -0.25) is 0 Å². The predicted molar refractivity (Wildman–Crippen MR) is 104 cm³/mol. The van der Waals surface area contributed by atoms with Crippen LogP contribution >= 0.6 is 0 Å². The lowest BCUT2D eigenvalue weighted by atomic mass is 10.0. The molecule has 0 aliphatic heterocycles. The average Bonchev–Trinajstić information content (AvgIpc) is 2.69. The Morgan fingerprint density at radius 1 is 1.04 bits per heavy atom. The number of ether oxygens (including phenoxy) is 1. The van der Waals surface area contributed by atoms with Crippen LogP contribution in [0.1, 0.15) is 31.4 Å². The van der Waals surface area contributed by atoms with E-state index >= 15 is 0 Å². The van der Waals surface area contributed by atoms with Crippen LogP contribution < -0.4 is 0 Å². The summed E-state index contributed by atoms with van der Waals surface area (Å²) in [6.07, 6.45) is 2.12. The summed E-state index contributed by atoms with van der Waals surface area (Å²) in [4.78, 5) is 11.8. The Kier molecular flexibility index (Phi) is 7.76. The fourth-order valence-corrected chi connectivity index (χ4v) is 4.30. The number of benzene rings is 2. The summed E-state index contributed by atoms with van der Waals surface area (Å²) >= 11 is 0. The summed E-state index contributed by atoms with van der Waals surface area (Å²) in [6, 6.07) is 17.1. The van der Waals surface area contributed by atoms with E-state index in [2.05, 4.69) is 0 Å². The standard InChI is InChI=1S/C21H24O5S/c1-2-26-21(23)16-14-19(27(24,25)18-11-7-4-8-12-18)13-15-20(22)17-9-5-3-6-10-17/h3-12,14,16,19-20,22H,2,13,15H2,1H3/b16-14+. The van der Waals surface area contributed by atoms with E-state index in [1.165, 1.54) is 18.2 Å². The maximum Gasteiger partial charge on any atom is 0.330 e. The predicted octanol–water partition coefficient (Wildman–Crippen LogP) is 3.46. The Labute approximate surface area is 160 Å². The van der Waals surface area contributed by atoms with E-state index in [0.717, 1.165) is 11.6 Å². The third-order valence-electron chi connectivity index (χ3n) is 4.11. The van der Waals surface area contributed by atoms with Crippen molar-refractivity contribution in [3.8, 4) is 0 Å². The Morgan fingerprint density at radius 2 is 1.63 bits per heavy atom. The number of aliphatic hydroxyl groups is 1. The second kappa shape index (κ2) is 10.0. The van der Waals surface area contributed by atoms with Gasteiger partial charge in [-0.1, -0.05) is 54.6 Å². The normalized spacial score (nSPS) is 14.0. The van der Waals surface area contributed by atoms with E-state index in [9.17, 15) is 18.3 Å². The first-order chi connectivity index (χ1) is 12.9. The zero-order valence-corrected chi connectivity index (χ0v) is 16.0. The molecule has 0 spiro atoms. The zero-order valence-electron chi connectivity index (χ0n) is 15.2. The van der Waals surface area contributed by atoms with E-state index in [1.807, 2.05) is 18.2 Å². The van der Waals surface area contributed by atoms with Crippen LogP contribution in [0.4, 0.5) is 0 Å². The highest BCUT2D eigenvalue weighted by molar-refractivity contribution is 7.92. The molecule has 0 heterocycles. The number of hydrogen-bond donors (Lipinski definition) is 1. The van der Waals surface area contributed by atoms with Crippen molar-refractivity contribution in [2.45, 2.75) is 36.0 Å². The second-order valence-electron chi connectivity index (χ2n) is 6.01. The third-order valence-corrected chi connectivity index (χ3v) is 6.23. The molecule has 2 rings (SSSR count). The smallest absolute Gasteiger partial charge is 0.330 e. The van der Waals surface area contributed by atoms with E-state index in [1.54, 1.807) is 37.3 Å². The summed E-state index contributed by atoms with van der Waals surface area (Å²) in [7, 11) is -3.70. The van der Waals surface area contributed by atoms with Gasteiger partial charge in [-0.15, -0.1) is 0 Å². The Morgan fingerprint density at radius 3 is 2.22 bits per heavy atom. The Balaban J connectivity index is 2.20. The molecule has 0 aliphatic carbocycles. The van der Waals surface area contributed by atoms with Crippen LogP contribution in [0.25, 0.3) is 0 Å². The van der Waals surface area contributed by atoms with Gasteiger partial charge in [0.2, 0.25) is 0 Å². The number of sulfone groups is 1. The van der Waals surface area contributed by atoms with Gasteiger partial charge < -0.3 is 9.84 Å².